The van der Waals surface area contributed by atoms with Crippen LogP contribution in [0.25, 0.3) is 230 Å². The zero-order valence-corrected chi connectivity index (χ0v) is 65.7. The van der Waals surface area contributed by atoms with Crippen LogP contribution in [0.15, 0.2) is 417 Å². The van der Waals surface area contributed by atoms with Gasteiger partial charge in [0.25, 0.3) is 0 Å². The van der Waals surface area contributed by atoms with Crippen LogP contribution < -0.4 is 0 Å². The van der Waals surface area contributed by atoms with Gasteiger partial charge in [0.05, 0.1) is 10.8 Å². The van der Waals surface area contributed by atoms with Crippen molar-refractivity contribution >= 4 is 130 Å². The van der Waals surface area contributed by atoms with Gasteiger partial charge in [-0.1, -0.05) is 352 Å². The van der Waals surface area contributed by atoms with Crippen LogP contribution in [0, 0.1) is 0 Å². The third-order valence-corrected chi connectivity index (χ3v) is 28.5. The summed E-state index contributed by atoms with van der Waals surface area (Å²) in [7, 11) is 0. The largest absolute Gasteiger partial charge is 0.456 e. The number of rotatable bonds is 5. The minimum atomic E-state index is -0.672. The van der Waals surface area contributed by atoms with Gasteiger partial charge in [-0.2, -0.15) is 0 Å². The fraction of sp³-hybridized carbons (Fsp3) is 0.0167. The Morgan fingerprint density at radius 1 is 0.149 bits per heavy atom. The third-order valence-electron chi connectivity index (χ3n) is 28.5. The lowest BCUT2D eigenvalue weighted by atomic mass is 9.68. The molecular weight excluding hydrogens is 1460 g/mol. The molecule has 121 heavy (non-hydrogen) atoms. The molecule has 0 fully saturated rings. The first-order chi connectivity index (χ1) is 60.0. The summed E-state index contributed by atoms with van der Waals surface area (Å²) in [6.07, 6.45) is 0. The van der Waals surface area contributed by atoms with Crippen molar-refractivity contribution in [2.45, 2.75) is 10.8 Å². The van der Waals surface area contributed by atoms with Crippen LogP contribution in [0.4, 0.5) is 0 Å². The van der Waals surface area contributed by atoms with E-state index in [0.29, 0.717) is 0 Å². The maximum atomic E-state index is 6.63. The smallest absolute Gasteiger partial charge is 0.135 e. The molecule has 0 saturated carbocycles. The highest BCUT2D eigenvalue weighted by Crippen LogP contribution is 2.69. The fourth-order valence-corrected chi connectivity index (χ4v) is 23.9. The first-order valence-corrected chi connectivity index (χ1v) is 42.4. The summed E-state index contributed by atoms with van der Waals surface area (Å²) in [5.41, 5.74) is 33.6. The van der Waals surface area contributed by atoms with E-state index in [9.17, 15) is 0 Å². The number of furan rings is 1. The second-order valence-electron chi connectivity index (χ2n) is 34.1. The van der Waals surface area contributed by atoms with Crippen molar-refractivity contribution in [2.24, 2.45) is 0 Å². The lowest BCUT2D eigenvalue weighted by Crippen LogP contribution is -2.26. The molecule has 0 amide bonds. The van der Waals surface area contributed by atoms with Gasteiger partial charge < -0.3 is 4.42 Å². The fourth-order valence-electron chi connectivity index (χ4n) is 23.9. The van der Waals surface area contributed by atoms with Crippen molar-refractivity contribution in [1.82, 2.24) is 0 Å². The highest BCUT2D eigenvalue weighted by molar-refractivity contribution is 6.29. The Labute approximate surface area is 697 Å². The Hall–Kier alpha value is -15.5. The van der Waals surface area contributed by atoms with E-state index in [1.54, 1.807) is 0 Å². The molecule has 0 bridgehead atoms. The molecule has 1 heteroatoms. The molecule has 1 nitrogen and oxygen atoms in total. The molecule has 0 unspecified atom stereocenters. The molecule has 28 rings (SSSR count). The van der Waals surface area contributed by atoms with Crippen LogP contribution in [0.2, 0.25) is 0 Å². The molecule has 1 heterocycles. The summed E-state index contributed by atoms with van der Waals surface area (Å²) >= 11 is 0. The maximum Gasteiger partial charge on any atom is 0.135 e. The summed E-state index contributed by atoms with van der Waals surface area (Å²) in [5, 5.41) is 27.1. The quantitative estimate of drug-likeness (QED) is 0.124. The second-order valence-corrected chi connectivity index (χ2v) is 34.1. The Bertz CT molecular complexity index is 8770. The SMILES string of the molecule is c1cc(-c2ccc3c4c(c5ccccc5c3c2)-c2c(ccc3ccccc23)C42c3ccccc3-c3ccccc32)cc(-c2c3ccccc3c(-c3ccc4oc5ccccc5c4c3)c3cc(-c4cccc5c6c(c7ccccc7c45)-c4cc5ccc(-c7cc8ccccc8c8ccccc78)cc5cc4C64c5ccccc5-c5ccccc54)ccc23)c1. The zero-order valence-electron chi connectivity index (χ0n) is 65.7. The van der Waals surface area contributed by atoms with Gasteiger partial charge in [-0.25, -0.2) is 0 Å². The first kappa shape index (κ1) is 65.6. The van der Waals surface area contributed by atoms with E-state index in [1.165, 1.54) is 230 Å². The lowest BCUT2D eigenvalue weighted by Gasteiger charge is -2.32. The highest BCUT2D eigenvalue weighted by Gasteiger charge is 2.55. The number of benzene rings is 23. The predicted octanol–water partition coefficient (Wildman–Crippen LogP) is 32.1. The van der Waals surface area contributed by atoms with E-state index in [4.69, 9.17) is 4.42 Å². The van der Waals surface area contributed by atoms with Crippen LogP contribution in [0.3, 0.4) is 0 Å². The van der Waals surface area contributed by atoms with Gasteiger partial charge in [-0.05, 0) is 313 Å². The molecule has 0 atom stereocenters. The predicted molar refractivity (Wildman–Crippen MR) is 509 cm³/mol. The van der Waals surface area contributed by atoms with Gasteiger partial charge in [-0.3, -0.25) is 0 Å². The summed E-state index contributed by atoms with van der Waals surface area (Å²) in [5.74, 6) is 0. The van der Waals surface area contributed by atoms with Crippen molar-refractivity contribution in [1.29, 1.82) is 0 Å². The van der Waals surface area contributed by atoms with E-state index in [2.05, 4.69) is 413 Å². The van der Waals surface area contributed by atoms with Crippen molar-refractivity contribution in [3.8, 4) is 100 Å². The molecule has 4 aliphatic carbocycles. The average Bonchev–Trinajstić information content (AvgIpc) is 1.50. The molecule has 554 valence electrons. The highest BCUT2D eigenvalue weighted by atomic mass is 16.3. The van der Waals surface area contributed by atoms with Crippen LogP contribution >= 0.6 is 0 Å². The van der Waals surface area contributed by atoms with Crippen LogP contribution in [0.1, 0.15) is 44.5 Å². The van der Waals surface area contributed by atoms with Crippen molar-refractivity contribution in [3.63, 3.8) is 0 Å². The van der Waals surface area contributed by atoms with Gasteiger partial charge in [0, 0.05) is 10.8 Å². The minimum absolute atomic E-state index is 0.553. The molecule has 23 aromatic carbocycles. The molecular formula is C120H68O. The molecule has 0 saturated heterocycles. The van der Waals surface area contributed by atoms with Gasteiger partial charge in [0.1, 0.15) is 11.2 Å². The number of fused-ring (bicyclic) bond motifs is 41. The Kier molecular flexibility index (Phi) is 13.1. The standard InChI is InChI=1S/C120H68O/c1-4-30-80-69(25-1)55-59-107-115(80)116-90-39-8-7-33-84(90)99-63-71(53-58-96(99)117(116)119(107)103-46-18-13-34-85(103)86-35-14-19-47-104(86)119)70-27-23-28-76(61-70)111-91-40-9-10-41-92(91)112(77-56-60-110-100(67-77)89-38-17-22-50-109(89)121-110)101-66-75(54-57-95(101)111)81-44-24-45-97-113(81)93-42-11-12-43-94(93)114-102-64-72-51-52-74(98-65-73-26-2-3-29-79(73)82-31-5-6-32-83(82)98)62-78(72)68-108(102)120(118(97)114)105-48-20-15-36-87(105)88-37-16-21-49-106(88)120/h1-68H. The van der Waals surface area contributed by atoms with Crippen molar-refractivity contribution < 1.29 is 4.42 Å². The number of hydrogen-bond acceptors (Lipinski definition) is 1. The number of para-hydroxylation sites is 1. The van der Waals surface area contributed by atoms with E-state index < -0.39 is 10.8 Å². The van der Waals surface area contributed by atoms with Gasteiger partial charge >= 0.3 is 0 Å². The molecule has 1 aromatic heterocycles. The van der Waals surface area contributed by atoms with Crippen LogP contribution in [-0.2, 0) is 10.8 Å². The van der Waals surface area contributed by atoms with Gasteiger partial charge in [0.2, 0.25) is 0 Å². The Morgan fingerprint density at radius 2 is 0.587 bits per heavy atom. The van der Waals surface area contributed by atoms with Gasteiger partial charge in [0.15, 0.2) is 0 Å². The summed E-state index contributed by atoms with van der Waals surface area (Å²) in [4.78, 5) is 0. The Morgan fingerprint density at radius 3 is 1.31 bits per heavy atom. The lowest BCUT2D eigenvalue weighted by molar-refractivity contribution is 0.669. The number of hydrogen-bond donors (Lipinski definition) is 0. The monoisotopic (exact) mass is 1520 g/mol. The van der Waals surface area contributed by atoms with E-state index >= 15 is 0 Å². The summed E-state index contributed by atoms with van der Waals surface area (Å²) in [6, 6.07) is 158. The van der Waals surface area contributed by atoms with Crippen molar-refractivity contribution in [2.75, 3.05) is 0 Å². The molecule has 0 radical (unpaired) electrons. The topological polar surface area (TPSA) is 13.1 Å². The minimum Gasteiger partial charge on any atom is -0.456 e. The van der Waals surface area contributed by atoms with Crippen LogP contribution in [-0.4, -0.2) is 0 Å². The molecule has 0 aliphatic heterocycles. The molecule has 4 aliphatic rings. The van der Waals surface area contributed by atoms with E-state index in [-0.39, 0.29) is 0 Å². The molecule has 0 N–H and O–H groups in total. The third kappa shape index (κ3) is 8.53. The Balaban J connectivity index is 0.671. The van der Waals surface area contributed by atoms with Gasteiger partial charge in [-0.15, -0.1) is 0 Å². The maximum absolute atomic E-state index is 6.63. The first-order valence-electron chi connectivity index (χ1n) is 42.4. The summed E-state index contributed by atoms with van der Waals surface area (Å²) < 4.78 is 6.63. The van der Waals surface area contributed by atoms with E-state index in [0.717, 1.165) is 44.2 Å². The second kappa shape index (κ2) is 24.1. The zero-order chi connectivity index (χ0) is 78.7. The normalized spacial score (nSPS) is 13.6. The summed E-state index contributed by atoms with van der Waals surface area (Å²) in [6.45, 7) is 0. The average molecular weight is 1530 g/mol. The molecule has 2 spiro atoms. The van der Waals surface area contributed by atoms with E-state index in [1.807, 2.05) is 0 Å². The molecule has 24 aromatic rings. The van der Waals surface area contributed by atoms with Crippen molar-refractivity contribution in [3.05, 3.63) is 457 Å². The van der Waals surface area contributed by atoms with Crippen LogP contribution in [0.5, 0.6) is 0 Å².